The second-order valence-electron chi connectivity index (χ2n) is 6.64. The zero-order valence-electron chi connectivity index (χ0n) is 15.2. The maximum Gasteiger partial charge on any atom is 0.249 e. The largest absolute Gasteiger partial charge is 0.324 e. The Hall–Kier alpha value is -3.62. The molecule has 0 unspecified atom stereocenters. The van der Waals surface area contributed by atoms with E-state index in [1.807, 2.05) is 30.3 Å². The van der Waals surface area contributed by atoms with Crippen LogP contribution in [0, 0.1) is 24.4 Å². The number of carbonyl (C=O) groups is 2. The van der Waals surface area contributed by atoms with Gasteiger partial charge in [-0.1, -0.05) is 30.3 Å². The lowest BCUT2D eigenvalue weighted by molar-refractivity contribution is -0.125. The number of carbonyl (C=O) groups excluding carboxylic acids is 2. The molecule has 0 bridgehead atoms. The molecule has 0 saturated heterocycles. The molecule has 148 valence electrons. The number of anilines is 2. The molecule has 1 aliphatic rings. The number of rotatable bonds is 3. The number of benzene rings is 2. The van der Waals surface area contributed by atoms with Gasteiger partial charge in [-0.25, -0.2) is 17.9 Å². The van der Waals surface area contributed by atoms with Gasteiger partial charge in [0.05, 0.1) is 12.1 Å². The predicted octanol–water partition coefficient (Wildman–Crippen LogP) is 3.80. The van der Waals surface area contributed by atoms with Crippen LogP contribution in [0.25, 0.3) is 11.3 Å². The molecule has 4 rings (SSSR count). The normalized spacial score (nSPS) is 15.6. The number of aromatic nitrogens is 2. The minimum atomic E-state index is -1.63. The lowest BCUT2D eigenvalue weighted by atomic mass is 10.1. The zero-order valence-corrected chi connectivity index (χ0v) is 15.2. The van der Waals surface area contributed by atoms with Crippen molar-refractivity contribution in [2.24, 2.45) is 0 Å². The molecule has 1 aromatic heterocycles. The quantitative estimate of drug-likeness (QED) is 0.657. The number of hydrogen-bond donors (Lipinski definition) is 2. The van der Waals surface area contributed by atoms with Crippen LogP contribution < -0.4 is 10.6 Å². The van der Waals surface area contributed by atoms with Gasteiger partial charge in [0.15, 0.2) is 17.5 Å². The first-order chi connectivity index (χ1) is 13.8. The number of hydrogen-bond acceptors (Lipinski definition) is 3. The van der Waals surface area contributed by atoms with Crippen LogP contribution in [0.2, 0.25) is 0 Å². The highest BCUT2D eigenvalue weighted by Gasteiger charge is 2.34. The molecule has 0 aliphatic carbocycles. The Morgan fingerprint density at radius 3 is 2.48 bits per heavy atom. The Morgan fingerprint density at radius 2 is 1.83 bits per heavy atom. The third-order valence-corrected chi connectivity index (χ3v) is 4.68. The van der Waals surface area contributed by atoms with E-state index < -0.39 is 35.3 Å². The average molecular weight is 400 g/mol. The summed E-state index contributed by atoms with van der Waals surface area (Å²) in [5.74, 6) is -5.20. The van der Waals surface area contributed by atoms with Crippen LogP contribution in [0.1, 0.15) is 18.0 Å². The summed E-state index contributed by atoms with van der Waals surface area (Å²) in [5.41, 5.74) is 1.83. The molecule has 0 spiro atoms. The summed E-state index contributed by atoms with van der Waals surface area (Å²) in [4.78, 5) is 24.9. The molecule has 0 saturated carbocycles. The van der Waals surface area contributed by atoms with Gasteiger partial charge in [0, 0.05) is 28.9 Å². The van der Waals surface area contributed by atoms with E-state index in [4.69, 9.17) is 0 Å². The van der Waals surface area contributed by atoms with Crippen molar-refractivity contribution in [3.8, 4) is 11.3 Å². The lowest BCUT2D eigenvalue weighted by Crippen LogP contribution is -2.36. The second kappa shape index (κ2) is 7.08. The fourth-order valence-electron chi connectivity index (χ4n) is 3.27. The predicted molar refractivity (Wildman–Crippen MR) is 99.6 cm³/mol. The van der Waals surface area contributed by atoms with Crippen LogP contribution in [0.3, 0.4) is 0 Å². The van der Waals surface area contributed by atoms with Gasteiger partial charge in [-0.2, -0.15) is 5.10 Å². The first-order valence-electron chi connectivity index (χ1n) is 8.75. The van der Waals surface area contributed by atoms with E-state index in [2.05, 4.69) is 15.7 Å². The highest BCUT2D eigenvalue weighted by molar-refractivity contribution is 6.02. The molecule has 2 heterocycles. The maximum absolute atomic E-state index is 13.4. The van der Waals surface area contributed by atoms with Crippen LogP contribution in [0.15, 0.2) is 42.5 Å². The number of nitrogens with one attached hydrogen (secondary N) is 2. The highest BCUT2D eigenvalue weighted by atomic mass is 19.2. The van der Waals surface area contributed by atoms with Gasteiger partial charge < -0.3 is 10.6 Å². The number of nitrogens with zero attached hydrogens (tertiary/aromatic N) is 2. The molecule has 1 aliphatic heterocycles. The smallest absolute Gasteiger partial charge is 0.249 e. The summed E-state index contributed by atoms with van der Waals surface area (Å²) in [6, 6.07) is 9.54. The van der Waals surface area contributed by atoms with Crippen LogP contribution in [0.5, 0.6) is 0 Å². The SMILES string of the molecule is Cc1c(-c2ccccc2)nn2c1NC(=O)C[C@@H]2C(=O)Nc1cc(F)c(F)c(F)c1. The molecule has 0 radical (unpaired) electrons. The summed E-state index contributed by atoms with van der Waals surface area (Å²) in [6.45, 7) is 1.77. The van der Waals surface area contributed by atoms with Gasteiger partial charge in [-0.3, -0.25) is 9.59 Å². The van der Waals surface area contributed by atoms with E-state index in [-0.39, 0.29) is 12.1 Å². The molecular formula is C20H15F3N4O2. The van der Waals surface area contributed by atoms with Crippen LogP contribution in [-0.2, 0) is 9.59 Å². The minimum Gasteiger partial charge on any atom is -0.324 e. The molecule has 1 atom stereocenters. The molecule has 3 aromatic rings. The topological polar surface area (TPSA) is 76.0 Å². The van der Waals surface area contributed by atoms with E-state index in [1.165, 1.54) is 4.68 Å². The molecule has 6 nitrogen and oxygen atoms in total. The van der Waals surface area contributed by atoms with Crippen LogP contribution >= 0.6 is 0 Å². The fourth-order valence-corrected chi connectivity index (χ4v) is 3.27. The summed E-state index contributed by atoms with van der Waals surface area (Å²) in [5, 5.41) is 9.51. The minimum absolute atomic E-state index is 0.208. The van der Waals surface area contributed by atoms with Crippen LogP contribution in [0.4, 0.5) is 24.7 Å². The van der Waals surface area contributed by atoms with Gasteiger partial charge in [-0.15, -0.1) is 0 Å². The van der Waals surface area contributed by atoms with E-state index in [0.29, 0.717) is 29.2 Å². The van der Waals surface area contributed by atoms with Crippen molar-refractivity contribution >= 4 is 23.3 Å². The monoisotopic (exact) mass is 400 g/mol. The van der Waals surface area contributed by atoms with E-state index in [9.17, 15) is 22.8 Å². The Labute approximate surface area is 163 Å². The number of amides is 2. The number of fused-ring (bicyclic) bond motifs is 1. The van der Waals surface area contributed by atoms with Crippen molar-refractivity contribution in [2.75, 3.05) is 10.6 Å². The van der Waals surface area contributed by atoms with E-state index in [1.54, 1.807) is 6.92 Å². The van der Waals surface area contributed by atoms with Gasteiger partial charge >= 0.3 is 0 Å². The lowest BCUT2D eigenvalue weighted by Gasteiger charge is -2.24. The van der Waals surface area contributed by atoms with Crippen molar-refractivity contribution in [3.05, 3.63) is 65.5 Å². The molecule has 9 heteroatoms. The molecule has 2 N–H and O–H groups in total. The second-order valence-corrected chi connectivity index (χ2v) is 6.64. The van der Waals surface area contributed by atoms with Crippen molar-refractivity contribution in [1.82, 2.24) is 9.78 Å². The Kier molecular flexibility index (Phi) is 4.57. The summed E-state index contributed by atoms with van der Waals surface area (Å²) >= 11 is 0. The summed E-state index contributed by atoms with van der Waals surface area (Å²) in [6.07, 6.45) is -0.208. The van der Waals surface area contributed by atoms with Gasteiger partial charge in [0.25, 0.3) is 0 Å². The van der Waals surface area contributed by atoms with Gasteiger partial charge in [0.1, 0.15) is 11.9 Å². The van der Waals surface area contributed by atoms with Crippen molar-refractivity contribution in [3.63, 3.8) is 0 Å². The van der Waals surface area contributed by atoms with Crippen molar-refractivity contribution in [2.45, 2.75) is 19.4 Å². The average Bonchev–Trinajstić information content (AvgIpc) is 3.02. The van der Waals surface area contributed by atoms with Crippen molar-refractivity contribution < 1.29 is 22.8 Å². The molecule has 29 heavy (non-hydrogen) atoms. The molecule has 0 fully saturated rings. The van der Waals surface area contributed by atoms with Gasteiger partial charge in [0.2, 0.25) is 11.8 Å². The highest BCUT2D eigenvalue weighted by Crippen LogP contribution is 2.34. The Morgan fingerprint density at radius 1 is 1.17 bits per heavy atom. The standard InChI is InChI=1S/C20H15F3N4O2/c1-10-18(11-5-3-2-4-6-11)26-27-15(9-16(28)25-19(10)27)20(29)24-12-7-13(21)17(23)14(22)8-12/h2-8,15H,9H2,1H3,(H,24,29)(H,25,28)/t15-/m1/s1. The fraction of sp³-hybridized carbons (Fsp3) is 0.150. The Balaban J connectivity index is 1.69. The van der Waals surface area contributed by atoms with Crippen LogP contribution in [-0.4, -0.2) is 21.6 Å². The van der Waals surface area contributed by atoms with E-state index >= 15 is 0 Å². The summed E-state index contributed by atoms with van der Waals surface area (Å²) in [7, 11) is 0. The molecule has 2 aromatic carbocycles. The van der Waals surface area contributed by atoms with E-state index in [0.717, 1.165) is 5.56 Å². The van der Waals surface area contributed by atoms with Crippen molar-refractivity contribution in [1.29, 1.82) is 0 Å². The Bertz CT molecular complexity index is 1110. The first kappa shape index (κ1) is 18.7. The molecular weight excluding hydrogens is 385 g/mol. The number of halogens is 3. The third-order valence-electron chi connectivity index (χ3n) is 4.68. The summed E-state index contributed by atoms with van der Waals surface area (Å²) < 4.78 is 41.4. The van der Waals surface area contributed by atoms with Gasteiger partial charge in [-0.05, 0) is 6.92 Å². The molecule has 2 amide bonds. The first-order valence-corrected chi connectivity index (χ1v) is 8.75. The maximum atomic E-state index is 13.4. The third kappa shape index (κ3) is 3.35. The zero-order chi connectivity index (χ0) is 20.7.